The lowest BCUT2D eigenvalue weighted by molar-refractivity contribution is 0.0601. The predicted molar refractivity (Wildman–Crippen MR) is 110 cm³/mol. The third-order valence-electron chi connectivity index (χ3n) is 4.93. The summed E-state index contributed by atoms with van der Waals surface area (Å²) in [5.74, 6) is -0.271. The Morgan fingerprint density at radius 1 is 1.20 bits per heavy atom. The Balaban J connectivity index is 2.25. The van der Waals surface area contributed by atoms with Crippen LogP contribution in [0.3, 0.4) is 0 Å². The second-order valence-electron chi connectivity index (χ2n) is 7.80. The van der Waals surface area contributed by atoms with Crippen LogP contribution in [0.1, 0.15) is 74.2 Å². The first-order valence-corrected chi connectivity index (χ1v) is 10.3. The van der Waals surface area contributed by atoms with Crippen LogP contribution in [-0.2, 0) is 17.6 Å². The molecule has 0 bridgehead atoms. The molecule has 25 heavy (non-hydrogen) atoms. The van der Waals surface area contributed by atoms with Gasteiger partial charge in [-0.3, -0.25) is 0 Å². The molecule has 6 heteroatoms. The molecule has 2 N–H and O–H groups in total. The first-order chi connectivity index (χ1) is 11.7. The number of hydrogen-bond donors (Lipinski definition) is 2. The van der Waals surface area contributed by atoms with E-state index in [1.807, 2.05) is 0 Å². The van der Waals surface area contributed by atoms with E-state index in [2.05, 4.69) is 38.3 Å². The van der Waals surface area contributed by atoms with E-state index in [1.54, 1.807) is 11.3 Å². The highest BCUT2D eigenvalue weighted by atomic mass is 32.1. The summed E-state index contributed by atoms with van der Waals surface area (Å²) < 4.78 is 5.05. The van der Waals surface area contributed by atoms with Crippen LogP contribution in [-0.4, -0.2) is 24.2 Å². The molecule has 0 fully saturated rings. The van der Waals surface area contributed by atoms with Crippen LogP contribution in [0.2, 0.25) is 0 Å². The van der Waals surface area contributed by atoms with Crippen LogP contribution in [0.4, 0.5) is 5.00 Å². The van der Waals surface area contributed by atoms with E-state index in [0.29, 0.717) is 10.7 Å². The van der Waals surface area contributed by atoms with Gasteiger partial charge in [0.25, 0.3) is 0 Å². The van der Waals surface area contributed by atoms with Crippen molar-refractivity contribution in [3.8, 4) is 0 Å². The maximum Gasteiger partial charge on any atom is 0.341 e. The molecule has 0 saturated carbocycles. The van der Waals surface area contributed by atoms with Crippen LogP contribution in [0.25, 0.3) is 0 Å². The van der Waals surface area contributed by atoms with Crippen LogP contribution in [0.5, 0.6) is 0 Å². The lowest BCUT2D eigenvalue weighted by atomic mass is 9.88. The maximum absolute atomic E-state index is 12.4. The van der Waals surface area contributed by atoms with Gasteiger partial charge in [-0.1, -0.05) is 33.6 Å². The minimum absolute atomic E-state index is 0.0987. The number of carbonyl (C=O) groups excluding carboxylic acids is 1. The Labute approximate surface area is 160 Å². The number of thiophene rings is 1. The summed E-state index contributed by atoms with van der Waals surface area (Å²) in [4.78, 5) is 13.7. The summed E-state index contributed by atoms with van der Waals surface area (Å²) in [5, 5.41) is 7.97. The normalized spacial score (nSPS) is 16.2. The molecule has 0 radical (unpaired) electrons. The third-order valence-corrected chi connectivity index (χ3v) is 6.36. The van der Waals surface area contributed by atoms with Crippen LogP contribution < -0.4 is 10.6 Å². The molecule has 0 aromatic carbocycles. The van der Waals surface area contributed by atoms with E-state index < -0.39 is 0 Å². The molecule has 1 aliphatic carbocycles. The number of thiocarbonyl (C=S) groups is 1. The SMILES string of the molecule is COC(=O)c1c(NC(=S)NC(C)C(C)(C)C)sc2c1CCCCCC2. The van der Waals surface area contributed by atoms with Gasteiger partial charge < -0.3 is 15.4 Å². The lowest BCUT2D eigenvalue weighted by Gasteiger charge is -2.29. The number of hydrogen-bond acceptors (Lipinski definition) is 4. The van der Waals surface area contributed by atoms with E-state index in [0.717, 1.165) is 29.8 Å². The fourth-order valence-corrected chi connectivity index (χ4v) is 4.50. The molecule has 140 valence electrons. The fraction of sp³-hybridized carbons (Fsp3) is 0.684. The lowest BCUT2D eigenvalue weighted by Crippen LogP contribution is -2.43. The van der Waals surface area contributed by atoms with E-state index in [-0.39, 0.29) is 17.4 Å². The monoisotopic (exact) mass is 382 g/mol. The van der Waals surface area contributed by atoms with Crippen molar-refractivity contribution in [2.45, 2.75) is 72.3 Å². The molecule has 0 saturated heterocycles. The van der Waals surface area contributed by atoms with Crippen molar-refractivity contribution in [3.63, 3.8) is 0 Å². The second kappa shape index (κ2) is 8.49. The van der Waals surface area contributed by atoms with Crippen molar-refractivity contribution in [2.24, 2.45) is 5.41 Å². The number of methoxy groups -OCH3 is 1. The number of anilines is 1. The number of rotatable bonds is 3. The Bertz CT molecular complexity index is 632. The number of ether oxygens (including phenoxy) is 1. The summed E-state index contributed by atoms with van der Waals surface area (Å²) in [7, 11) is 1.44. The van der Waals surface area contributed by atoms with Gasteiger partial charge >= 0.3 is 5.97 Å². The van der Waals surface area contributed by atoms with E-state index >= 15 is 0 Å². The third kappa shape index (κ3) is 5.17. The largest absolute Gasteiger partial charge is 0.465 e. The highest BCUT2D eigenvalue weighted by molar-refractivity contribution is 7.80. The summed E-state index contributed by atoms with van der Waals surface area (Å²) in [6.45, 7) is 8.63. The smallest absolute Gasteiger partial charge is 0.341 e. The van der Waals surface area contributed by atoms with Gasteiger partial charge in [-0.25, -0.2) is 4.79 Å². The Kier molecular flexibility index (Phi) is 6.86. The van der Waals surface area contributed by atoms with Gasteiger partial charge in [0.05, 0.1) is 12.7 Å². The first kappa shape index (κ1) is 20.2. The van der Waals surface area contributed by atoms with Gasteiger partial charge in [0, 0.05) is 10.9 Å². The van der Waals surface area contributed by atoms with Crippen molar-refractivity contribution in [3.05, 3.63) is 16.0 Å². The molecule has 1 heterocycles. The van der Waals surface area contributed by atoms with E-state index in [9.17, 15) is 4.79 Å². The van der Waals surface area contributed by atoms with Crippen molar-refractivity contribution in [1.29, 1.82) is 0 Å². The number of nitrogens with one attached hydrogen (secondary N) is 2. The second-order valence-corrected chi connectivity index (χ2v) is 9.31. The molecule has 0 aliphatic heterocycles. The highest BCUT2D eigenvalue weighted by Crippen LogP contribution is 2.37. The zero-order chi connectivity index (χ0) is 18.6. The number of fused-ring (bicyclic) bond motifs is 1. The molecular formula is C19H30N2O2S2. The van der Waals surface area contributed by atoms with Crippen LogP contribution >= 0.6 is 23.6 Å². The van der Waals surface area contributed by atoms with Crippen molar-refractivity contribution < 1.29 is 9.53 Å². The average Bonchev–Trinajstić information content (AvgIpc) is 2.82. The number of carbonyl (C=O) groups is 1. The Morgan fingerprint density at radius 3 is 2.44 bits per heavy atom. The quantitative estimate of drug-likeness (QED) is 0.574. The fourth-order valence-electron chi connectivity index (χ4n) is 2.88. The number of aryl methyl sites for hydroxylation is 1. The van der Waals surface area contributed by atoms with Crippen molar-refractivity contribution >= 4 is 39.6 Å². The van der Waals surface area contributed by atoms with E-state index in [1.165, 1.54) is 31.2 Å². The molecule has 1 unspecified atom stereocenters. The molecule has 0 spiro atoms. The van der Waals surface area contributed by atoms with Gasteiger partial charge in [-0.15, -0.1) is 11.3 Å². The average molecular weight is 383 g/mol. The molecule has 1 atom stereocenters. The minimum atomic E-state index is -0.271. The number of esters is 1. The minimum Gasteiger partial charge on any atom is -0.465 e. The summed E-state index contributed by atoms with van der Waals surface area (Å²) in [6.07, 6.45) is 6.76. The Hall–Kier alpha value is -1.14. The van der Waals surface area contributed by atoms with Gasteiger partial charge in [-0.05, 0) is 55.8 Å². The maximum atomic E-state index is 12.4. The van der Waals surface area contributed by atoms with Crippen molar-refractivity contribution in [1.82, 2.24) is 5.32 Å². The molecule has 1 aromatic rings. The predicted octanol–water partition coefficient (Wildman–Crippen LogP) is 4.91. The Morgan fingerprint density at radius 2 is 1.84 bits per heavy atom. The molecule has 0 amide bonds. The standard InChI is InChI=1S/C19H30N2O2S2/c1-12(19(2,3)4)20-18(24)21-16-15(17(22)23-5)13-10-8-6-7-9-11-14(13)25-16/h12H,6-11H2,1-5H3,(H2,20,21,24). The highest BCUT2D eigenvalue weighted by Gasteiger charge is 2.26. The van der Waals surface area contributed by atoms with E-state index in [4.69, 9.17) is 17.0 Å². The van der Waals surface area contributed by atoms with Gasteiger partial charge in [0.1, 0.15) is 5.00 Å². The van der Waals surface area contributed by atoms with Gasteiger partial charge in [0.2, 0.25) is 0 Å². The topological polar surface area (TPSA) is 50.4 Å². The molecule has 2 rings (SSSR count). The molecule has 1 aromatic heterocycles. The molecule has 4 nitrogen and oxygen atoms in total. The summed E-state index contributed by atoms with van der Waals surface area (Å²) >= 11 is 7.14. The van der Waals surface area contributed by atoms with Gasteiger partial charge in [-0.2, -0.15) is 0 Å². The van der Waals surface area contributed by atoms with Crippen LogP contribution in [0, 0.1) is 5.41 Å². The summed E-state index contributed by atoms with van der Waals surface area (Å²) in [6, 6.07) is 0.218. The van der Waals surface area contributed by atoms with Crippen LogP contribution in [0.15, 0.2) is 0 Å². The zero-order valence-corrected chi connectivity index (χ0v) is 17.6. The first-order valence-electron chi connectivity index (χ1n) is 9.04. The van der Waals surface area contributed by atoms with Crippen molar-refractivity contribution in [2.75, 3.05) is 12.4 Å². The zero-order valence-electron chi connectivity index (χ0n) is 16.0. The van der Waals surface area contributed by atoms with Gasteiger partial charge in [0.15, 0.2) is 5.11 Å². The summed E-state index contributed by atoms with van der Waals surface area (Å²) in [5.41, 5.74) is 1.93. The molecular weight excluding hydrogens is 352 g/mol. The molecule has 1 aliphatic rings.